The van der Waals surface area contributed by atoms with Crippen molar-refractivity contribution >= 4 is 34.1 Å². The molecule has 4 nitrogen and oxygen atoms in total. The van der Waals surface area contributed by atoms with Gasteiger partial charge in [-0.25, -0.2) is 0 Å². The number of methoxy groups -OCH3 is 2. The van der Waals surface area contributed by atoms with Crippen LogP contribution < -0.4 is 9.47 Å². The van der Waals surface area contributed by atoms with Crippen molar-refractivity contribution in [1.82, 2.24) is 0 Å². The molecule has 4 atom stereocenters. The fraction of sp³-hybridized carbons (Fsp3) is 0.241. The number of benzene rings is 3. The quantitative estimate of drug-likeness (QED) is 0.337. The molecule has 4 rings (SSSR count). The number of ether oxygens (including phenoxy) is 2. The number of allylic oxidation sites excluding steroid dienone is 1. The van der Waals surface area contributed by atoms with Crippen molar-refractivity contribution in [2.75, 3.05) is 14.2 Å². The number of aldehydes is 1. The van der Waals surface area contributed by atoms with Crippen LogP contribution in [0, 0.1) is 11.8 Å². The van der Waals surface area contributed by atoms with E-state index < -0.39 is 5.92 Å². The second-order valence-electron chi connectivity index (χ2n) is 8.51. The Morgan fingerprint density at radius 2 is 1.38 bits per heavy atom. The third kappa shape index (κ3) is 5.15. The number of ketones is 1. The summed E-state index contributed by atoms with van der Waals surface area (Å²) in [4.78, 5) is 26.1. The van der Waals surface area contributed by atoms with Gasteiger partial charge >= 0.3 is 0 Å². The summed E-state index contributed by atoms with van der Waals surface area (Å²) >= 11 is 3.49. The van der Waals surface area contributed by atoms with Crippen LogP contribution in [0.15, 0.2) is 83.3 Å². The van der Waals surface area contributed by atoms with E-state index >= 15 is 0 Å². The molecule has 0 radical (unpaired) electrons. The minimum Gasteiger partial charge on any atom is -0.497 e. The monoisotopic (exact) mass is 518 g/mol. The molecular weight excluding hydrogens is 492 g/mol. The molecule has 3 aromatic carbocycles. The molecule has 0 saturated heterocycles. The number of carbonyl (C=O) groups excluding carboxylic acids is 2. The highest BCUT2D eigenvalue weighted by Crippen LogP contribution is 2.48. The Morgan fingerprint density at radius 3 is 1.94 bits per heavy atom. The van der Waals surface area contributed by atoms with Gasteiger partial charge in [0, 0.05) is 22.7 Å². The molecule has 0 bridgehead atoms. The Balaban J connectivity index is 1.71. The van der Waals surface area contributed by atoms with Gasteiger partial charge in [0.15, 0.2) is 0 Å². The SMILES string of the molecule is COc1ccc(/C=C/[C@@H]2CC(=O)[C@@H](c3ccc(OC)cc3)[C@H](c3ccc(Br)cc3)[C@H]2C=O)cc1. The van der Waals surface area contributed by atoms with Gasteiger partial charge in [-0.1, -0.05) is 64.5 Å². The lowest BCUT2D eigenvalue weighted by molar-refractivity contribution is -0.126. The number of rotatable bonds is 7. The molecule has 1 saturated carbocycles. The molecular formula is C29H27BrO4. The maximum Gasteiger partial charge on any atom is 0.141 e. The number of halogens is 1. The van der Waals surface area contributed by atoms with Crippen LogP contribution >= 0.6 is 15.9 Å². The molecule has 34 heavy (non-hydrogen) atoms. The van der Waals surface area contributed by atoms with Gasteiger partial charge < -0.3 is 14.3 Å². The van der Waals surface area contributed by atoms with Gasteiger partial charge in [-0.05, 0) is 59.0 Å². The molecule has 1 fully saturated rings. The van der Waals surface area contributed by atoms with E-state index in [1.165, 1.54) is 0 Å². The Morgan fingerprint density at radius 1 is 0.824 bits per heavy atom. The van der Waals surface area contributed by atoms with Crippen LogP contribution in [0.5, 0.6) is 11.5 Å². The summed E-state index contributed by atoms with van der Waals surface area (Å²) in [6, 6.07) is 23.2. The third-order valence-electron chi connectivity index (χ3n) is 6.59. The smallest absolute Gasteiger partial charge is 0.141 e. The zero-order valence-corrected chi connectivity index (χ0v) is 20.8. The van der Waals surface area contributed by atoms with Crippen molar-refractivity contribution in [2.24, 2.45) is 11.8 Å². The zero-order chi connectivity index (χ0) is 24.1. The molecule has 1 aliphatic carbocycles. The molecule has 1 aliphatic rings. The Kier molecular flexibility index (Phi) is 7.63. The highest BCUT2D eigenvalue weighted by atomic mass is 79.9. The first kappa shape index (κ1) is 24.0. The molecule has 0 amide bonds. The van der Waals surface area contributed by atoms with Crippen molar-refractivity contribution < 1.29 is 19.1 Å². The Labute approximate surface area is 208 Å². The second kappa shape index (κ2) is 10.8. The first-order valence-electron chi connectivity index (χ1n) is 11.2. The number of Topliss-reactive ketones (excluding diaryl/α,β-unsaturated/α-hetero) is 1. The first-order chi connectivity index (χ1) is 16.5. The van der Waals surface area contributed by atoms with Gasteiger partial charge in [0.2, 0.25) is 0 Å². The summed E-state index contributed by atoms with van der Waals surface area (Å²) in [5.41, 5.74) is 2.88. The molecule has 0 aromatic heterocycles. The Hall–Kier alpha value is -3.18. The molecule has 0 spiro atoms. The lowest BCUT2D eigenvalue weighted by Gasteiger charge is -2.39. The van der Waals surface area contributed by atoms with Crippen LogP contribution in [0.4, 0.5) is 0 Å². The average molecular weight is 519 g/mol. The maximum atomic E-state index is 13.6. The van der Waals surface area contributed by atoms with E-state index in [0.717, 1.165) is 38.9 Å². The lowest BCUT2D eigenvalue weighted by Crippen LogP contribution is -2.38. The van der Waals surface area contributed by atoms with Crippen LogP contribution in [-0.2, 0) is 9.59 Å². The van der Waals surface area contributed by atoms with Gasteiger partial charge in [-0.2, -0.15) is 0 Å². The summed E-state index contributed by atoms with van der Waals surface area (Å²) in [7, 11) is 3.25. The third-order valence-corrected chi connectivity index (χ3v) is 7.12. The van der Waals surface area contributed by atoms with Crippen molar-refractivity contribution in [1.29, 1.82) is 0 Å². The lowest BCUT2D eigenvalue weighted by atomic mass is 9.62. The van der Waals surface area contributed by atoms with Crippen molar-refractivity contribution in [3.05, 3.63) is 100 Å². The fourth-order valence-electron chi connectivity index (χ4n) is 4.82. The number of carbonyl (C=O) groups is 2. The van der Waals surface area contributed by atoms with E-state index in [0.29, 0.717) is 6.42 Å². The molecule has 174 valence electrons. The van der Waals surface area contributed by atoms with Crippen LogP contribution in [-0.4, -0.2) is 26.3 Å². The minimum absolute atomic E-state index is 0.139. The molecule has 0 heterocycles. The molecule has 3 aromatic rings. The minimum atomic E-state index is -0.395. The number of hydrogen-bond acceptors (Lipinski definition) is 4. The van der Waals surface area contributed by atoms with E-state index in [4.69, 9.17) is 9.47 Å². The van der Waals surface area contributed by atoms with E-state index in [9.17, 15) is 9.59 Å². The summed E-state index contributed by atoms with van der Waals surface area (Å²) in [6.07, 6.45) is 5.34. The molecule has 5 heteroatoms. The highest BCUT2D eigenvalue weighted by molar-refractivity contribution is 9.10. The molecule has 0 aliphatic heterocycles. The van der Waals surface area contributed by atoms with Crippen molar-refractivity contribution in [3.63, 3.8) is 0 Å². The first-order valence-corrected chi connectivity index (χ1v) is 12.0. The van der Waals surface area contributed by atoms with Gasteiger partial charge in [0.25, 0.3) is 0 Å². The standard InChI is InChI=1S/C29H27BrO4/c1-33-24-13-4-19(5-14-24)3-6-22-17-27(32)29(21-9-15-25(34-2)16-10-21)28(26(22)18-31)20-7-11-23(30)12-8-20/h3-16,18,22,26,28-29H,17H2,1-2H3/b6-3+/t22-,26+,28-,29-/m1/s1. The van der Waals surface area contributed by atoms with Gasteiger partial charge in [0.1, 0.15) is 23.6 Å². The molecule has 0 unspecified atom stereocenters. The normalized spacial score (nSPS) is 22.5. The Bertz CT molecular complexity index is 1150. The average Bonchev–Trinajstić information content (AvgIpc) is 2.88. The van der Waals surface area contributed by atoms with E-state index in [2.05, 4.69) is 15.9 Å². The predicted molar refractivity (Wildman–Crippen MR) is 137 cm³/mol. The van der Waals surface area contributed by atoms with E-state index in [-0.39, 0.29) is 23.5 Å². The summed E-state index contributed by atoms with van der Waals surface area (Å²) in [5.74, 6) is 0.489. The fourth-order valence-corrected chi connectivity index (χ4v) is 5.08. The largest absolute Gasteiger partial charge is 0.497 e. The van der Waals surface area contributed by atoms with Crippen LogP contribution in [0.3, 0.4) is 0 Å². The summed E-state index contributed by atoms with van der Waals surface area (Å²) < 4.78 is 11.5. The molecule has 0 N–H and O–H groups in total. The topological polar surface area (TPSA) is 52.6 Å². The summed E-state index contributed by atoms with van der Waals surface area (Å²) in [5, 5.41) is 0. The van der Waals surface area contributed by atoms with Crippen molar-refractivity contribution in [2.45, 2.75) is 18.3 Å². The highest BCUT2D eigenvalue weighted by Gasteiger charge is 2.44. The van der Waals surface area contributed by atoms with Crippen LogP contribution in [0.1, 0.15) is 34.9 Å². The summed E-state index contributed by atoms with van der Waals surface area (Å²) in [6.45, 7) is 0. The zero-order valence-electron chi connectivity index (χ0n) is 19.2. The van der Waals surface area contributed by atoms with Crippen LogP contribution in [0.25, 0.3) is 6.08 Å². The van der Waals surface area contributed by atoms with Gasteiger partial charge in [0.05, 0.1) is 20.1 Å². The number of hydrogen-bond donors (Lipinski definition) is 0. The van der Waals surface area contributed by atoms with E-state index in [1.807, 2.05) is 84.9 Å². The predicted octanol–water partition coefficient (Wildman–Crippen LogP) is 6.45. The van der Waals surface area contributed by atoms with Gasteiger partial charge in [-0.15, -0.1) is 0 Å². The maximum absolute atomic E-state index is 13.6. The second-order valence-corrected chi connectivity index (χ2v) is 9.42. The van der Waals surface area contributed by atoms with Crippen molar-refractivity contribution in [3.8, 4) is 11.5 Å². The van der Waals surface area contributed by atoms with Gasteiger partial charge in [-0.3, -0.25) is 4.79 Å². The van der Waals surface area contributed by atoms with Crippen LogP contribution in [0.2, 0.25) is 0 Å². The van der Waals surface area contributed by atoms with E-state index in [1.54, 1.807) is 14.2 Å².